The van der Waals surface area contributed by atoms with E-state index in [-0.39, 0.29) is 11.8 Å². The summed E-state index contributed by atoms with van der Waals surface area (Å²) in [5.74, 6) is -0.322. The van der Waals surface area contributed by atoms with E-state index in [4.69, 9.17) is 4.74 Å². The Morgan fingerprint density at radius 3 is 2.50 bits per heavy atom. The van der Waals surface area contributed by atoms with Gasteiger partial charge in [-0.15, -0.1) is 11.3 Å². The smallest absolute Gasteiger partial charge is 0.328 e. The van der Waals surface area contributed by atoms with Crippen LogP contribution in [0.1, 0.15) is 23.5 Å². The van der Waals surface area contributed by atoms with Gasteiger partial charge in [0.05, 0.1) is 14.2 Å². The maximum atomic E-state index is 12.0. The van der Waals surface area contributed by atoms with Crippen LogP contribution in [0.5, 0.6) is 5.75 Å². The molecule has 1 unspecified atom stereocenters. The molecule has 1 heterocycles. The lowest BCUT2D eigenvalue weighted by Gasteiger charge is -2.19. The van der Waals surface area contributed by atoms with Crippen molar-refractivity contribution >= 4 is 23.2 Å². The maximum Gasteiger partial charge on any atom is 0.328 e. The number of methoxy groups -OCH3 is 2. The Hall–Kier alpha value is -1.56. The number of ether oxygens (including phenoxy) is 2. The minimum absolute atomic E-state index is 0.0487. The molecule has 1 aromatic heterocycles. The molecule has 1 rings (SSSR count). The molecule has 5 nitrogen and oxygen atoms in total. The van der Waals surface area contributed by atoms with Gasteiger partial charge in [0.1, 0.15) is 16.7 Å². The highest BCUT2D eigenvalue weighted by Gasteiger charge is 2.26. The van der Waals surface area contributed by atoms with E-state index in [2.05, 4.69) is 10.1 Å². The second-order valence-electron chi connectivity index (χ2n) is 4.04. The van der Waals surface area contributed by atoms with E-state index < -0.39 is 12.0 Å². The minimum atomic E-state index is -0.658. The summed E-state index contributed by atoms with van der Waals surface area (Å²) in [6, 6.07) is 1.05. The molecule has 0 spiro atoms. The van der Waals surface area contributed by atoms with Crippen molar-refractivity contribution in [3.05, 3.63) is 16.3 Å². The number of thiophene rings is 1. The summed E-state index contributed by atoms with van der Waals surface area (Å²) >= 11 is 1.27. The quantitative estimate of drug-likeness (QED) is 0.828. The lowest BCUT2D eigenvalue weighted by atomic mass is 10.0. The molecular formula is C12H17NO4S. The molecule has 1 amide bonds. The molecule has 0 saturated heterocycles. The molecule has 0 saturated carbocycles. The lowest BCUT2D eigenvalue weighted by Crippen LogP contribution is -2.44. The first-order valence-electron chi connectivity index (χ1n) is 5.51. The molecule has 0 bridgehead atoms. The van der Waals surface area contributed by atoms with Gasteiger partial charge in [0.2, 0.25) is 0 Å². The molecule has 0 fully saturated rings. The summed E-state index contributed by atoms with van der Waals surface area (Å²) in [5, 5.41) is 4.42. The summed E-state index contributed by atoms with van der Waals surface area (Å²) in [6.07, 6.45) is 0. The van der Waals surface area contributed by atoms with E-state index in [1.54, 1.807) is 11.4 Å². The van der Waals surface area contributed by atoms with Crippen LogP contribution in [-0.4, -0.2) is 32.1 Å². The standard InChI is InChI=1S/C12H17NO4S/c1-7(2)9(12(15)17-4)13-11(14)10-8(16-3)5-6-18-10/h5-7,9H,1-4H3,(H,13,14). The average molecular weight is 271 g/mol. The Balaban J connectivity index is 2.82. The predicted molar refractivity (Wildman–Crippen MR) is 69.0 cm³/mol. The SMILES string of the molecule is COC(=O)C(NC(=O)c1sccc1OC)C(C)C. The van der Waals surface area contributed by atoms with E-state index in [0.717, 1.165) is 0 Å². The Bertz CT molecular complexity index is 427. The van der Waals surface area contributed by atoms with Crippen molar-refractivity contribution in [1.82, 2.24) is 5.32 Å². The summed E-state index contributed by atoms with van der Waals surface area (Å²) in [4.78, 5) is 24.0. The van der Waals surface area contributed by atoms with E-state index in [0.29, 0.717) is 10.6 Å². The van der Waals surface area contributed by atoms with Crippen LogP contribution in [-0.2, 0) is 9.53 Å². The normalized spacial score (nSPS) is 12.1. The molecule has 0 aliphatic carbocycles. The van der Waals surface area contributed by atoms with E-state index in [9.17, 15) is 9.59 Å². The molecule has 0 aliphatic rings. The topological polar surface area (TPSA) is 64.6 Å². The maximum absolute atomic E-state index is 12.0. The van der Waals surface area contributed by atoms with Crippen LogP contribution in [0.4, 0.5) is 0 Å². The number of nitrogens with one attached hydrogen (secondary N) is 1. The van der Waals surface area contributed by atoms with Gasteiger partial charge >= 0.3 is 5.97 Å². The van der Waals surface area contributed by atoms with Gasteiger partial charge in [-0.25, -0.2) is 4.79 Å². The zero-order valence-corrected chi connectivity index (χ0v) is 11.7. The van der Waals surface area contributed by atoms with Crippen molar-refractivity contribution in [3.8, 4) is 5.75 Å². The van der Waals surface area contributed by atoms with Crippen LogP contribution in [0.15, 0.2) is 11.4 Å². The largest absolute Gasteiger partial charge is 0.495 e. The molecule has 1 aromatic rings. The van der Waals surface area contributed by atoms with Crippen molar-refractivity contribution in [2.75, 3.05) is 14.2 Å². The third-order valence-electron chi connectivity index (χ3n) is 2.46. The van der Waals surface area contributed by atoms with Crippen LogP contribution < -0.4 is 10.1 Å². The third-order valence-corrected chi connectivity index (χ3v) is 3.36. The van der Waals surface area contributed by atoms with Crippen LogP contribution in [0.25, 0.3) is 0 Å². The molecule has 1 atom stereocenters. The molecule has 1 N–H and O–H groups in total. The zero-order valence-electron chi connectivity index (χ0n) is 10.9. The Morgan fingerprint density at radius 1 is 1.33 bits per heavy atom. The predicted octanol–water partition coefficient (Wildman–Crippen LogP) is 1.68. The Labute approximate surface area is 110 Å². The molecule has 0 aliphatic heterocycles. The Morgan fingerprint density at radius 2 is 2.00 bits per heavy atom. The fraction of sp³-hybridized carbons (Fsp3) is 0.500. The van der Waals surface area contributed by atoms with Crippen molar-refractivity contribution in [2.45, 2.75) is 19.9 Å². The molecule has 0 radical (unpaired) electrons. The second kappa shape index (κ2) is 6.39. The molecular weight excluding hydrogens is 254 g/mol. The summed E-state index contributed by atoms with van der Waals surface area (Å²) in [6.45, 7) is 3.68. The fourth-order valence-corrected chi connectivity index (χ4v) is 2.22. The lowest BCUT2D eigenvalue weighted by molar-refractivity contribution is -0.144. The minimum Gasteiger partial charge on any atom is -0.495 e. The zero-order chi connectivity index (χ0) is 13.7. The van der Waals surface area contributed by atoms with Crippen molar-refractivity contribution in [1.29, 1.82) is 0 Å². The van der Waals surface area contributed by atoms with E-state index in [1.165, 1.54) is 25.6 Å². The number of hydrogen-bond donors (Lipinski definition) is 1. The van der Waals surface area contributed by atoms with Crippen molar-refractivity contribution in [3.63, 3.8) is 0 Å². The summed E-state index contributed by atoms with van der Waals surface area (Å²) < 4.78 is 9.74. The third kappa shape index (κ3) is 3.22. The number of esters is 1. The van der Waals surface area contributed by atoms with Gasteiger partial charge < -0.3 is 14.8 Å². The molecule has 18 heavy (non-hydrogen) atoms. The highest BCUT2D eigenvalue weighted by atomic mass is 32.1. The van der Waals surface area contributed by atoms with Crippen LogP contribution in [0.3, 0.4) is 0 Å². The van der Waals surface area contributed by atoms with Crippen LogP contribution in [0, 0.1) is 5.92 Å². The number of rotatable bonds is 5. The number of hydrogen-bond acceptors (Lipinski definition) is 5. The molecule has 0 aromatic carbocycles. The van der Waals surface area contributed by atoms with Crippen LogP contribution >= 0.6 is 11.3 Å². The van der Waals surface area contributed by atoms with Crippen molar-refractivity contribution < 1.29 is 19.1 Å². The average Bonchev–Trinajstić information content (AvgIpc) is 2.82. The number of carbonyl (C=O) groups excluding carboxylic acids is 2. The van der Waals surface area contributed by atoms with Crippen LogP contribution in [0.2, 0.25) is 0 Å². The van der Waals surface area contributed by atoms with Gasteiger partial charge in [-0.05, 0) is 17.4 Å². The molecule has 6 heteroatoms. The monoisotopic (exact) mass is 271 g/mol. The first kappa shape index (κ1) is 14.5. The summed E-state index contributed by atoms with van der Waals surface area (Å²) in [5.41, 5.74) is 0. The fourth-order valence-electron chi connectivity index (χ4n) is 1.46. The van der Waals surface area contributed by atoms with Gasteiger partial charge in [0, 0.05) is 0 Å². The van der Waals surface area contributed by atoms with Gasteiger partial charge in [0.15, 0.2) is 0 Å². The van der Waals surface area contributed by atoms with Crippen molar-refractivity contribution in [2.24, 2.45) is 5.92 Å². The first-order chi connectivity index (χ1) is 8.51. The highest BCUT2D eigenvalue weighted by Crippen LogP contribution is 2.24. The van der Waals surface area contributed by atoms with E-state index >= 15 is 0 Å². The summed E-state index contributed by atoms with van der Waals surface area (Å²) in [7, 11) is 2.80. The van der Waals surface area contributed by atoms with Gasteiger partial charge in [-0.2, -0.15) is 0 Å². The Kier molecular flexibility index (Phi) is 5.15. The van der Waals surface area contributed by atoms with Gasteiger partial charge in [-0.3, -0.25) is 4.79 Å². The first-order valence-corrected chi connectivity index (χ1v) is 6.39. The highest BCUT2D eigenvalue weighted by molar-refractivity contribution is 7.12. The molecule has 100 valence electrons. The number of carbonyl (C=O) groups is 2. The van der Waals surface area contributed by atoms with Gasteiger partial charge in [0.25, 0.3) is 5.91 Å². The second-order valence-corrected chi connectivity index (χ2v) is 4.95. The van der Waals surface area contributed by atoms with Gasteiger partial charge in [-0.1, -0.05) is 13.8 Å². The van der Waals surface area contributed by atoms with E-state index in [1.807, 2.05) is 13.8 Å². The number of amides is 1.